The lowest BCUT2D eigenvalue weighted by atomic mass is 10.1. The van der Waals surface area contributed by atoms with Gasteiger partial charge in [-0.25, -0.2) is 0 Å². The fourth-order valence-corrected chi connectivity index (χ4v) is 2.74. The molecule has 1 N–H and O–H groups in total. The molecule has 1 saturated carbocycles. The van der Waals surface area contributed by atoms with Crippen LogP contribution in [-0.2, 0) is 5.60 Å². The standard InChI is InChI=1S/C15H21NO2/c1-16-10-4-5-12(11-16)18-14-7-3-2-6-13(14)15(17)8-9-15/h2-3,6-7,12,17H,4-5,8-11H2,1H3. The van der Waals surface area contributed by atoms with Crippen molar-refractivity contribution in [1.82, 2.24) is 4.90 Å². The Morgan fingerprint density at radius 2 is 2.11 bits per heavy atom. The van der Waals surface area contributed by atoms with E-state index in [0.29, 0.717) is 0 Å². The maximum absolute atomic E-state index is 10.3. The smallest absolute Gasteiger partial charge is 0.125 e. The zero-order valence-electron chi connectivity index (χ0n) is 10.9. The number of nitrogens with zero attached hydrogens (tertiary/aromatic N) is 1. The average molecular weight is 247 g/mol. The first-order valence-corrected chi connectivity index (χ1v) is 6.84. The summed E-state index contributed by atoms with van der Waals surface area (Å²) in [6, 6.07) is 7.94. The van der Waals surface area contributed by atoms with Crippen molar-refractivity contribution in [1.29, 1.82) is 0 Å². The Morgan fingerprint density at radius 3 is 2.83 bits per heavy atom. The van der Waals surface area contributed by atoms with Crippen LogP contribution in [0.2, 0.25) is 0 Å². The van der Waals surface area contributed by atoms with E-state index in [2.05, 4.69) is 11.9 Å². The van der Waals surface area contributed by atoms with E-state index in [9.17, 15) is 5.11 Å². The highest BCUT2D eigenvalue weighted by Gasteiger charge is 2.44. The van der Waals surface area contributed by atoms with E-state index in [1.807, 2.05) is 24.3 Å². The monoisotopic (exact) mass is 247 g/mol. The number of rotatable bonds is 3. The topological polar surface area (TPSA) is 32.7 Å². The maximum Gasteiger partial charge on any atom is 0.125 e. The molecule has 1 aliphatic heterocycles. The van der Waals surface area contributed by atoms with Crippen molar-refractivity contribution < 1.29 is 9.84 Å². The van der Waals surface area contributed by atoms with Crippen LogP contribution in [0.4, 0.5) is 0 Å². The van der Waals surface area contributed by atoms with Gasteiger partial charge in [-0.05, 0) is 45.3 Å². The molecule has 1 unspecified atom stereocenters. The highest BCUT2D eigenvalue weighted by Crippen LogP contribution is 2.48. The number of likely N-dealkylation sites (N-methyl/N-ethyl adjacent to an activating group) is 1. The quantitative estimate of drug-likeness (QED) is 0.888. The maximum atomic E-state index is 10.3. The number of hydrogen-bond donors (Lipinski definition) is 1. The third-order valence-electron chi connectivity index (χ3n) is 3.99. The van der Waals surface area contributed by atoms with Gasteiger partial charge in [0, 0.05) is 12.1 Å². The van der Waals surface area contributed by atoms with E-state index in [1.54, 1.807) is 0 Å². The van der Waals surface area contributed by atoms with Gasteiger partial charge in [0.15, 0.2) is 0 Å². The van der Waals surface area contributed by atoms with Crippen LogP contribution < -0.4 is 4.74 Å². The minimum Gasteiger partial charge on any atom is -0.489 e. The fourth-order valence-electron chi connectivity index (χ4n) is 2.74. The van der Waals surface area contributed by atoms with E-state index in [4.69, 9.17) is 4.74 Å². The summed E-state index contributed by atoms with van der Waals surface area (Å²) in [6.45, 7) is 2.14. The molecule has 1 heterocycles. The third-order valence-corrected chi connectivity index (χ3v) is 3.99. The zero-order valence-corrected chi connectivity index (χ0v) is 10.9. The number of benzene rings is 1. The molecule has 1 aromatic carbocycles. The van der Waals surface area contributed by atoms with Gasteiger partial charge in [-0.2, -0.15) is 0 Å². The first-order valence-electron chi connectivity index (χ1n) is 6.84. The molecule has 3 rings (SSSR count). The molecule has 0 amide bonds. The Morgan fingerprint density at radius 1 is 1.33 bits per heavy atom. The van der Waals surface area contributed by atoms with Crippen LogP contribution >= 0.6 is 0 Å². The summed E-state index contributed by atoms with van der Waals surface area (Å²) in [6.07, 6.45) is 4.27. The molecule has 0 spiro atoms. The SMILES string of the molecule is CN1CCCC(Oc2ccccc2C2(O)CC2)C1. The Balaban J connectivity index is 1.76. The Bertz CT molecular complexity index is 428. The third kappa shape index (κ3) is 2.38. The van der Waals surface area contributed by atoms with Gasteiger partial charge in [0.2, 0.25) is 0 Å². The molecule has 3 nitrogen and oxygen atoms in total. The molecule has 1 atom stereocenters. The molecule has 1 aliphatic carbocycles. The van der Waals surface area contributed by atoms with Gasteiger partial charge in [-0.15, -0.1) is 0 Å². The van der Waals surface area contributed by atoms with Gasteiger partial charge in [0.05, 0.1) is 5.60 Å². The summed E-state index contributed by atoms with van der Waals surface area (Å²) < 4.78 is 6.12. The second-order valence-corrected chi connectivity index (χ2v) is 5.67. The summed E-state index contributed by atoms with van der Waals surface area (Å²) in [7, 11) is 2.13. The van der Waals surface area contributed by atoms with Crippen molar-refractivity contribution in [2.75, 3.05) is 20.1 Å². The van der Waals surface area contributed by atoms with E-state index in [1.165, 1.54) is 6.42 Å². The predicted molar refractivity (Wildman–Crippen MR) is 70.7 cm³/mol. The van der Waals surface area contributed by atoms with E-state index in [0.717, 1.165) is 43.7 Å². The largest absolute Gasteiger partial charge is 0.489 e. The van der Waals surface area contributed by atoms with Gasteiger partial charge in [-0.3, -0.25) is 0 Å². The number of para-hydroxylation sites is 1. The molecular weight excluding hydrogens is 226 g/mol. The summed E-state index contributed by atoms with van der Waals surface area (Å²) in [5.74, 6) is 0.873. The molecule has 1 aromatic rings. The minimum atomic E-state index is -0.614. The first-order chi connectivity index (χ1) is 8.67. The van der Waals surface area contributed by atoms with E-state index >= 15 is 0 Å². The van der Waals surface area contributed by atoms with Crippen LogP contribution in [0.25, 0.3) is 0 Å². The molecule has 98 valence electrons. The van der Waals surface area contributed by atoms with Crippen molar-refractivity contribution in [3.05, 3.63) is 29.8 Å². The average Bonchev–Trinajstić information content (AvgIpc) is 3.09. The van der Waals surface area contributed by atoms with Gasteiger partial charge < -0.3 is 14.7 Å². The van der Waals surface area contributed by atoms with Crippen molar-refractivity contribution in [2.24, 2.45) is 0 Å². The molecular formula is C15H21NO2. The normalized spacial score (nSPS) is 26.9. The van der Waals surface area contributed by atoms with Crippen LogP contribution in [0.15, 0.2) is 24.3 Å². The van der Waals surface area contributed by atoms with Gasteiger partial charge in [0.25, 0.3) is 0 Å². The van der Waals surface area contributed by atoms with E-state index in [-0.39, 0.29) is 6.10 Å². The molecule has 0 aromatic heterocycles. The molecule has 0 radical (unpaired) electrons. The molecule has 3 heteroatoms. The van der Waals surface area contributed by atoms with Crippen LogP contribution in [-0.4, -0.2) is 36.2 Å². The lowest BCUT2D eigenvalue weighted by Gasteiger charge is -2.31. The summed E-state index contributed by atoms with van der Waals surface area (Å²) in [5, 5.41) is 10.3. The fraction of sp³-hybridized carbons (Fsp3) is 0.600. The molecule has 1 saturated heterocycles. The lowest BCUT2D eigenvalue weighted by molar-refractivity contribution is 0.0946. The van der Waals surface area contributed by atoms with Gasteiger partial charge in [0.1, 0.15) is 11.9 Å². The number of ether oxygens (including phenoxy) is 1. The summed E-state index contributed by atoms with van der Waals surface area (Å²) >= 11 is 0. The number of likely N-dealkylation sites (tertiary alicyclic amines) is 1. The minimum absolute atomic E-state index is 0.257. The van der Waals surface area contributed by atoms with Gasteiger partial charge >= 0.3 is 0 Å². The van der Waals surface area contributed by atoms with Crippen molar-refractivity contribution in [2.45, 2.75) is 37.4 Å². The number of piperidine rings is 1. The second kappa shape index (κ2) is 4.56. The van der Waals surface area contributed by atoms with E-state index < -0.39 is 5.60 Å². The second-order valence-electron chi connectivity index (χ2n) is 5.67. The van der Waals surface area contributed by atoms with Crippen LogP contribution in [0.1, 0.15) is 31.2 Å². The van der Waals surface area contributed by atoms with Crippen molar-refractivity contribution in [3.63, 3.8) is 0 Å². The lowest BCUT2D eigenvalue weighted by Crippen LogP contribution is -2.38. The summed E-state index contributed by atoms with van der Waals surface area (Å²) in [4.78, 5) is 2.31. The van der Waals surface area contributed by atoms with Crippen molar-refractivity contribution in [3.8, 4) is 5.75 Å². The summed E-state index contributed by atoms with van der Waals surface area (Å²) in [5.41, 5.74) is 0.357. The van der Waals surface area contributed by atoms with Crippen LogP contribution in [0.5, 0.6) is 5.75 Å². The highest BCUT2D eigenvalue weighted by molar-refractivity contribution is 5.41. The number of aliphatic hydroxyl groups is 1. The van der Waals surface area contributed by atoms with Gasteiger partial charge in [-0.1, -0.05) is 18.2 Å². The Kier molecular flexibility index (Phi) is 3.04. The van der Waals surface area contributed by atoms with Crippen LogP contribution in [0.3, 0.4) is 0 Å². The van der Waals surface area contributed by atoms with Crippen LogP contribution in [0, 0.1) is 0 Å². The molecule has 18 heavy (non-hydrogen) atoms. The zero-order chi connectivity index (χ0) is 12.6. The molecule has 2 aliphatic rings. The first kappa shape index (κ1) is 12.0. The highest BCUT2D eigenvalue weighted by atomic mass is 16.5. The Labute approximate surface area is 108 Å². The Hall–Kier alpha value is -1.06. The van der Waals surface area contributed by atoms with Crippen molar-refractivity contribution >= 4 is 0 Å². The number of hydrogen-bond acceptors (Lipinski definition) is 3. The predicted octanol–water partition coefficient (Wildman–Crippen LogP) is 2.14. The molecule has 0 bridgehead atoms. The molecule has 2 fully saturated rings.